The zero-order chi connectivity index (χ0) is 59.4. The van der Waals surface area contributed by atoms with Gasteiger partial charge in [0.2, 0.25) is 47.3 Å². The predicted octanol–water partition coefficient (Wildman–Crippen LogP) is -0.199. The van der Waals surface area contributed by atoms with Gasteiger partial charge in [0.25, 0.3) is 0 Å². The molecule has 8 amide bonds. The van der Waals surface area contributed by atoms with Crippen LogP contribution in [0.3, 0.4) is 0 Å². The molecule has 11 unspecified atom stereocenters. The lowest BCUT2D eigenvalue weighted by atomic mass is 9.96. The Kier molecular flexibility index (Phi) is 30.2. The fraction of sp³-hybridized carbons (Fsp3) is 0.566. The summed E-state index contributed by atoms with van der Waals surface area (Å²) >= 11 is 1.31. The van der Waals surface area contributed by atoms with E-state index in [9.17, 15) is 73.2 Å². The van der Waals surface area contributed by atoms with Crippen molar-refractivity contribution in [1.82, 2.24) is 42.5 Å². The third-order valence-corrected chi connectivity index (χ3v) is 13.7. The van der Waals surface area contributed by atoms with Gasteiger partial charge in [0.15, 0.2) is 0 Å². The summed E-state index contributed by atoms with van der Waals surface area (Å²) in [5.41, 5.74) is 12.4. The molecule has 0 bridgehead atoms. The van der Waals surface area contributed by atoms with Crippen LogP contribution in [-0.4, -0.2) is 159 Å². The summed E-state index contributed by atoms with van der Waals surface area (Å²) in [6.07, 6.45) is 0.687. The standard InChI is InChI=1S/C53H80N10O15S/c1-7-29(3)43(62-51(75)39(59-45(69)31(5)55)27-33-17-19-34(64)20-18-33)52(76)61-40(28-42(67)68)50(74)60-38(26-32-14-10-9-11-15-32)49(73)57-36(21-22-41(65)66)46(70)58-37(23-25-79-6)47(71)56-35(16-12-13-24-54)48(72)63-44(53(77)78)30(4)8-2/h9-11,14-15,17-20,29-31,35-40,43-44,64H,7-8,12-13,16,21-28,54-55H2,1-6H3,(H,56,71)(H,57,73)(H,58,70)(H,59,69)(H,60,74)(H,61,76)(H,62,75)(H,63,72)(H,65,66)(H,67,68)(H,77,78). The fourth-order valence-corrected chi connectivity index (χ4v) is 8.34. The Morgan fingerprint density at radius 2 is 0.937 bits per heavy atom. The Bertz CT molecular complexity index is 2360. The van der Waals surface area contributed by atoms with Gasteiger partial charge < -0.3 is 74.4 Å². The number of rotatable bonds is 37. The fourth-order valence-electron chi connectivity index (χ4n) is 7.87. The Morgan fingerprint density at radius 1 is 0.506 bits per heavy atom. The van der Waals surface area contributed by atoms with E-state index in [1.54, 1.807) is 64.3 Å². The van der Waals surface area contributed by atoms with E-state index in [1.165, 1.54) is 43.0 Å². The van der Waals surface area contributed by atoms with E-state index >= 15 is 0 Å². The van der Waals surface area contributed by atoms with E-state index in [0.29, 0.717) is 36.1 Å². The lowest BCUT2D eigenvalue weighted by Gasteiger charge is -2.29. The van der Waals surface area contributed by atoms with E-state index in [4.69, 9.17) is 11.5 Å². The van der Waals surface area contributed by atoms with Gasteiger partial charge in [-0.1, -0.05) is 83.0 Å². The lowest BCUT2D eigenvalue weighted by molar-refractivity contribution is -0.144. The van der Waals surface area contributed by atoms with Gasteiger partial charge in [-0.15, -0.1) is 0 Å². The second kappa shape index (κ2) is 35.2. The van der Waals surface area contributed by atoms with Crippen LogP contribution >= 0.6 is 11.8 Å². The van der Waals surface area contributed by atoms with Gasteiger partial charge in [-0.3, -0.25) is 47.9 Å². The Hall–Kier alpha value is -7.32. The summed E-state index contributed by atoms with van der Waals surface area (Å²) in [7, 11) is 0. The second-order valence-electron chi connectivity index (χ2n) is 19.4. The number of amides is 8. The third kappa shape index (κ3) is 24.5. The molecule has 26 heteroatoms. The smallest absolute Gasteiger partial charge is 0.326 e. The number of aromatic hydroxyl groups is 1. The highest BCUT2D eigenvalue weighted by atomic mass is 32.2. The third-order valence-electron chi connectivity index (χ3n) is 13.0. The number of benzene rings is 2. The van der Waals surface area contributed by atoms with Crippen LogP contribution in [0.2, 0.25) is 0 Å². The van der Waals surface area contributed by atoms with Crippen molar-refractivity contribution in [3.8, 4) is 5.75 Å². The first-order valence-corrected chi connectivity index (χ1v) is 27.6. The van der Waals surface area contributed by atoms with Crippen molar-refractivity contribution < 1.29 is 73.2 Å². The minimum absolute atomic E-state index is 0.0183. The normalized spacial score (nSPS) is 15.2. The number of nitrogens with one attached hydrogen (secondary N) is 8. The Balaban J connectivity index is 2.52. The first kappa shape index (κ1) is 67.8. The van der Waals surface area contributed by atoms with Crippen LogP contribution in [0.5, 0.6) is 5.75 Å². The lowest BCUT2D eigenvalue weighted by Crippen LogP contribution is -2.61. The Labute approximate surface area is 464 Å². The SMILES string of the molecule is CCC(C)C(NC(=O)C(CCCCN)NC(=O)C(CCSC)NC(=O)C(CCC(=O)O)NC(=O)C(Cc1ccccc1)NC(=O)C(CC(=O)O)NC(=O)C(NC(=O)C(Cc1ccc(O)cc1)NC(=O)C(C)N)C(C)CC)C(=O)O. The average Bonchev–Trinajstić information content (AvgIpc) is 3.40. The summed E-state index contributed by atoms with van der Waals surface area (Å²) in [6, 6.07) is 1.08. The maximum atomic E-state index is 14.4. The van der Waals surface area contributed by atoms with E-state index in [1.807, 2.05) is 0 Å². The molecule has 25 nitrogen and oxygen atoms in total. The van der Waals surface area contributed by atoms with Crippen molar-refractivity contribution in [3.05, 3.63) is 65.7 Å². The number of phenols is 1. The molecule has 2 aromatic carbocycles. The molecule has 16 N–H and O–H groups in total. The molecule has 0 radical (unpaired) electrons. The number of unbranched alkanes of at least 4 members (excludes halogenated alkanes) is 1. The number of hydrogen-bond donors (Lipinski definition) is 14. The number of carbonyl (C=O) groups excluding carboxylic acids is 8. The van der Waals surface area contributed by atoms with Crippen LogP contribution < -0.4 is 54.0 Å². The molecule has 0 aliphatic rings. The molecule has 79 heavy (non-hydrogen) atoms. The van der Waals surface area contributed by atoms with Gasteiger partial charge >= 0.3 is 17.9 Å². The molecule has 438 valence electrons. The molecular formula is C53H80N10O15S. The number of phenolic OH excluding ortho intramolecular Hbond substituents is 1. The summed E-state index contributed by atoms with van der Waals surface area (Å²) < 4.78 is 0. The molecule has 0 heterocycles. The van der Waals surface area contributed by atoms with Gasteiger partial charge in [0.1, 0.15) is 54.1 Å². The van der Waals surface area contributed by atoms with Crippen molar-refractivity contribution in [3.63, 3.8) is 0 Å². The van der Waals surface area contributed by atoms with Crippen molar-refractivity contribution in [2.45, 2.75) is 160 Å². The molecule has 2 aromatic rings. The summed E-state index contributed by atoms with van der Waals surface area (Å²) in [6.45, 7) is 8.37. The molecular weight excluding hydrogens is 1050 g/mol. The zero-order valence-corrected chi connectivity index (χ0v) is 46.4. The first-order chi connectivity index (χ1) is 37.3. The monoisotopic (exact) mass is 1130 g/mol. The van der Waals surface area contributed by atoms with Crippen molar-refractivity contribution in [2.75, 3.05) is 18.6 Å². The van der Waals surface area contributed by atoms with Crippen LogP contribution in [0.25, 0.3) is 0 Å². The molecule has 2 rings (SSSR count). The molecule has 11 atom stereocenters. The molecule has 0 spiro atoms. The van der Waals surface area contributed by atoms with Gasteiger partial charge in [-0.2, -0.15) is 11.8 Å². The molecule has 0 aromatic heterocycles. The van der Waals surface area contributed by atoms with Gasteiger partial charge in [-0.05, 0) is 92.7 Å². The first-order valence-electron chi connectivity index (χ1n) is 26.2. The molecule has 0 aliphatic heterocycles. The van der Waals surface area contributed by atoms with E-state index in [2.05, 4.69) is 42.5 Å². The topological polar surface area (TPSA) is 417 Å². The number of carboxylic acids is 3. The van der Waals surface area contributed by atoms with Gasteiger partial charge in [-0.25, -0.2) is 4.79 Å². The van der Waals surface area contributed by atoms with E-state index < -0.39 is 151 Å². The van der Waals surface area contributed by atoms with Crippen molar-refractivity contribution >= 4 is 76.9 Å². The average molecular weight is 1130 g/mol. The highest BCUT2D eigenvalue weighted by Crippen LogP contribution is 2.16. The Morgan fingerprint density at radius 3 is 1.43 bits per heavy atom. The molecule has 0 fully saturated rings. The summed E-state index contributed by atoms with van der Waals surface area (Å²) in [4.78, 5) is 147. The molecule has 0 saturated carbocycles. The van der Waals surface area contributed by atoms with Crippen LogP contribution in [0, 0.1) is 11.8 Å². The maximum Gasteiger partial charge on any atom is 0.326 e. The van der Waals surface area contributed by atoms with Gasteiger partial charge in [0, 0.05) is 19.3 Å². The number of thioether (sulfide) groups is 1. The summed E-state index contributed by atoms with van der Waals surface area (Å²) in [5, 5.41) is 59.4. The molecule has 0 saturated heterocycles. The maximum absolute atomic E-state index is 14.4. The van der Waals surface area contributed by atoms with Crippen LogP contribution in [0.15, 0.2) is 54.6 Å². The predicted molar refractivity (Wildman–Crippen MR) is 293 cm³/mol. The van der Waals surface area contributed by atoms with Crippen LogP contribution in [0.4, 0.5) is 0 Å². The van der Waals surface area contributed by atoms with Gasteiger partial charge in [0.05, 0.1) is 12.5 Å². The highest BCUT2D eigenvalue weighted by Gasteiger charge is 2.37. The number of carboxylic acid groups (broad SMARTS) is 3. The van der Waals surface area contributed by atoms with Crippen molar-refractivity contribution in [1.29, 1.82) is 0 Å². The van der Waals surface area contributed by atoms with Crippen molar-refractivity contribution in [2.24, 2.45) is 23.3 Å². The molecule has 0 aliphatic carbocycles. The second-order valence-corrected chi connectivity index (χ2v) is 20.4. The highest BCUT2D eigenvalue weighted by molar-refractivity contribution is 7.98. The minimum atomic E-state index is -1.89. The number of hydrogen-bond acceptors (Lipinski definition) is 15. The zero-order valence-electron chi connectivity index (χ0n) is 45.6. The number of carbonyl (C=O) groups is 11. The summed E-state index contributed by atoms with van der Waals surface area (Å²) in [5.74, 6) is -12.5. The van der Waals surface area contributed by atoms with E-state index in [-0.39, 0.29) is 44.4 Å². The number of nitrogens with two attached hydrogens (primary N) is 2. The van der Waals surface area contributed by atoms with Crippen LogP contribution in [-0.2, 0) is 65.6 Å². The minimum Gasteiger partial charge on any atom is -0.508 e. The van der Waals surface area contributed by atoms with Crippen LogP contribution in [0.1, 0.15) is 104 Å². The number of aliphatic carboxylic acids is 3. The largest absolute Gasteiger partial charge is 0.508 e. The van der Waals surface area contributed by atoms with E-state index in [0.717, 1.165) is 0 Å². The quantitative estimate of drug-likeness (QED) is 0.0390.